The number of Topliss-reactive ketones (excluding diaryl/α,β-unsaturated/α-hetero) is 2. The number of anilines is 1. The number of nitrogens with zero attached hydrogens (tertiary/aromatic N) is 1. The van der Waals surface area contributed by atoms with Crippen LogP contribution in [-0.4, -0.2) is 40.6 Å². The van der Waals surface area contributed by atoms with E-state index in [9.17, 15) is 42.3 Å². The quantitative estimate of drug-likeness (QED) is 0.227. The Kier molecular flexibility index (Phi) is 6.52. The Morgan fingerprint density at radius 2 is 1.70 bits per heavy atom. The molecule has 3 aliphatic carbocycles. The van der Waals surface area contributed by atoms with Crippen molar-refractivity contribution in [2.45, 2.75) is 39.0 Å². The number of carbonyl (C=O) groups excluding carboxylic acids is 5. The summed E-state index contributed by atoms with van der Waals surface area (Å²) >= 11 is 0. The fourth-order valence-electron chi connectivity index (χ4n) is 6.78. The summed E-state index contributed by atoms with van der Waals surface area (Å²) in [4.78, 5) is 67.0. The first-order valence-corrected chi connectivity index (χ1v) is 13.5. The molecular formula is C32H24F3NO7. The third kappa shape index (κ3) is 4.59. The first kappa shape index (κ1) is 28.3. The van der Waals surface area contributed by atoms with Gasteiger partial charge >= 0.3 is 6.36 Å². The molecule has 2 aromatic carbocycles. The van der Waals surface area contributed by atoms with Crippen molar-refractivity contribution in [3.05, 3.63) is 88.0 Å². The highest BCUT2D eigenvalue weighted by molar-refractivity contribution is 6.25. The van der Waals surface area contributed by atoms with E-state index in [0.29, 0.717) is 11.1 Å². The van der Waals surface area contributed by atoms with Crippen LogP contribution in [0.25, 0.3) is 0 Å². The molecule has 0 spiro atoms. The zero-order valence-corrected chi connectivity index (χ0v) is 22.9. The van der Waals surface area contributed by atoms with Crippen molar-refractivity contribution in [3.8, 4) is 11.5 Å². The number of fused-ring (bicyclic) bond motifs is 3. The minimum atomic E-state index is -5.02. The Morgan fingerprint density at radius 3 is 2.35 bits per heavy atom. The van der Waals surface area contributed by atoms with E-state index in [1.807, 2.05) is 0 Å². The predicted octanol–water partition coefficient (Wildman–Crippen LogP) is 5.13. The molecule has 220 valence electrons. The van der Waals surface area contributed by atoms with Crippen LogP contribution in [0.5, 0.6) is 11.5 Å². The highest BCUT2D eigenvalue weighted by atomic mass is 19.4. The number of imide groups is 1. The summed E-state index contributed by atoms with van der Waals surface area (Å²) in [6.45, 7) is 2.85. The van der Waals surface area contributed by atoms with Crippen LogP contribution in [0, 0.1) is 17.8 Å². The molecular weight excluding hydrogens is 567 g/mol. The van der Waals surface area contributed by atoms with Gasteiger partial charge < -0.3 is 9.84 Å². The fourth-order valence-corrected chi connectivity index (χ4v) is 6.78. The van der Waals surface area contributed by atoms with Gasteiger partial charge in [-0.15, -0.1) is 13.2 Å². The van der Waals surface area contributed by atoms with Crippen LogP contribution in [0.15, 0.2) is 76.9 Å². The molecule has 1 N–H and O–H groups in total. The number of allylic oxidation sites excluding steroid dienone is 6. The molecule has 11 heteroatoms. The molecule has 1 fully saturated rings. The average molecular weight is 592 g/mol. The number of ketones is 3. The molecule has 1 heterocycles. The molecule has 2 aromatic rings. The van der Waals surface area contributed by atoms with Crippen molar-refractivity contribution in [2.75, 3.05) is 4.90 Å². The molecule has 0 aromatic heterocycles. The number of carbonyl (C=O) groups is 5. The van der Waals surface area contributed by atoms with E-state index in [2.05, 4.69) is 4.74 Å². The van der Waals surface area contributed by atoms with Gasteiger partial charge in [-0.1, -0.05) is 11.6 Å². The summed E-state index contributed by atoms with van der Waals surface area (Å²) in [6, 6.07) is 8.95. The number of phenolic OH excluding ortho intramolecular Hbond substituents is 1. The highest BCUT2D eigenvalue weighted by Gasteiger charge is 2.57. The maximum atomic E-state index is 13.9. The lowest BCUT2D eigenvalue weighted by Gasteiger charge is -2.42. The van der Waals surface area contributed by atoms with Gasteiger partial charge in [-0.3, -0.25) is 28.9 Å². The molecule has 0 saturated carbocycles. The van der Waals surface area contributed by atoms with Crippen LogP contribution in [-0.2, 0) is 19.2 Å². The van der Waals surface area contributed by atoms with Gasteiger partial charge in [0.15, 0.2) is 17.3 Å². The SMILES string of the molecule is CC(=O)c1ccc(N2C(=O)C3CC=C4C(c5cc(OC(F)(F)F)ccc5O)C5=C(CC4C3C2=O)C(=O)C=C(C)C5=O)cc1. The molecule has 0 bridgehead atoms. The second-order valence-corrected chi connectivity index (χ2v) is 11.1. The van der Waals surface area contributed by atoms with E-state index in [0.717, 1.165) is 23.1 Å². The third-order valence-corrected chi connectivity index (χ3v) is 8.64. The van der Waals surface area contributed by atoms with Crippen molar-refractivity contribution in [1.29, 1.82) is 0 Å². The van der Waals surface area contributed by atoms with E-state index in [1.54, 1.807) is 6.08 Å². The summed E-state index contributed by atoms with van der Waals surface area (Å²) in [5, 5.41) is 10.9. The Balaban J connectivity index is 1.47. The monoisotopic (exact) mass is 591 g/mol. The van der Waals surface area contributed by atoms with E-state index in [-0.39, 0.29) is 46.6 Å². The third-order valence-electron chi connectivity index (χ3n) is 8.64. The second kappa shape index (κ2) is 9.89. The van der Waals surface area contributed by atoms with E-state index >= 15 is 0 Å². The van der Waals surface area contributed by atoms with Gasteiger partial charge in [0.1, 0.15) is 11.5 Å². The van der Waals surface area contributed by atoms with Crippen molar-refractivity contribution in [1.82, 2.24) is 0 Å². The Bertz CT molecular complexity index is 1730. The molecule has 8 nitrogen and oxygen atoms in total. The first-order chi connectivity index (χ1) is 20.3. The fraction of sp³-hybridized carbons (Fsp3) is 0.281. The van der Waals surface area contributed by atoms with Gasteiger partial charge in [0, 0.05) is 33.8 Å². The van der Waals surface area contributed by atoms with Crippen LogP contribution in [0.2, 0.25) is 0 Å². The van der Waals surface area contributed by atoms with Gasteiger partial charge in [-0.2, -0.15) is 0 Å². The molecule has 1 saturated heterocycles. The molecule has 6 rings (SSSR count). The summed E-state index contributed by atoms with van der Waals surface area (Å²) in [7, 11) is 0. The topological polar surface area (TPSA) is 118 Å². The number of alkyl halides is 3. The number of hydrogen-bond acceptors (Lipinski definition) is 7. The van der Waals surface area contributed by atoms with Crippen LogP contribution >= 0.6 is 0 Å². The summed E-state index contributed by atoms with van der Waals surface area (Å²) < 4.78 is 43.3. The maximum absolute atomic E-state index is 13.9. The van der Waals surface area contributed by atoms with Crippen molar-refractivity contribution < 1.29 is 47.0 Å². The Labute approximate surface area is 243 Å². The number of ether oxygens (including phenoxy) is 1. The van der Waals surface area contributed by atoms with E-state index in [4.69, 9.17) is 0 Å². The first-order valence-electron chi connectivity index (χ1n) is 13.5. The molecule has 0 radical (unpaired) electrons. The number of rotatable bonds is 4. The number of hydrogen-bond donors (Lipinski definition) is 1. The van der Waals surface area contributed by atoms with E-state index < -0.39 is 64.9 Å². The van der Waals surface area contributed by atoms with Crippen LogP contribution in [0.4, 0.5) is 18.9 Å². The van der Waals surface area contributed by atoms with Gasteiger partial charge in [-0.05, 0) is 81.1 Å². The average Bonchev–Trinajstić information content (AvgIpc) is 3.20. The largest absolute Gasteiger partial charge is 0.573 e. The number of halogens is 3. The van der Waals surface area contributed by atoms with Crippen molar-refractivity contribution in [3.63, 3.8) is 0 Å². The smallest absolute Gasteiger partial charge is 0.508 e. The zero-order valence-electron chi connectivity index (χ0n) is 22.9. The van der Waals surface area contributed by atoms with Crippen LogP contribution in [0.1, 0.15) is 48.5 Å². The molecule has 4 aliphatic rings. The van der Waals surface area contributed by atoms with Gasteiger partial charge in [0.2, 0.25) is 11.8 Å². The highest BCUT2D eigenvalue weighted by Crippen LogP contribution is 2.56. The Hall–Kier alpha value is -4.80. The van der Waals surface area contributed by atoms with Gasteiger partial charge in [-0.25, -0.2) is 0 Å². The van der Waals surface area contributed by atoms with Crippen LogP contribution in [0.3, 0.4) is 0 Å². The number of phenols is 1. The lowest BCUT2D eigenvalue weighted by molar-refractivity contribution is -0.274. The van der Waals surface area contributed by atoms with Gasteiger partial charge in [0.25, 0.3) is 0 Å². The summed E-state index contributed by atoms with van der Waals surface area (Å²) in [6.07, 6.45) is -2.10. The minimum absolute atomic E-state index is 0.0267. The second-order valence-electron chi connectivity index (χ2n) is 11.1. The van der Waals surface area contributed by atoms with Crippen LogP contribution < -0.4 is 9.64 Å². The Morgan fingerprint density at radius 1 is 1.00 bits per heavy atom. The number of aromatic hydroxyl groups is 1. The predicted molar refractivity (Wildman–Crippen MR) is 145 cm³/mol. The zero-order chi connectivity index (χ0) is 31.0. The summed E-state index contributed by atoms with van der Waals surface area (Å²) in [5.41, 5.74) is 1.31. The summed E-state index contributed by atoms with van der Waals surface area (Å²) in [5.74, 6) is -6.82. The van der Waals surface area contributed by atoms with Crippen molar-refractivity contribution in [2.24, 2.45) is 17.8 Å². The van der Waals surface area contributed by atoms with Gasteiger partial charge in [0.05, 0.1) is 17.5 Å². The lowest BCUT2D eigenvalue weighted by Crippen LogP contribution is -2.39. The van der Waals surface area contributed by atoms with Crippen molar-refractivity contribution >= 4 is 34.9 Å². The molecule has 2 amide bonds. The van der Waals surface area contributed by atoms with E-state index in [1.165, 1.54) is 44.2 Å². The minimum Gasteiger partial charge on any atom is -0.508 e. The normalized spacial score (nSPS) is 25.2. The number of amides is 2. The molecule has 1 aliphatic heterocycles. The molecule has 4 atom stereocenters. The lowest BCUT2D eigenvalue weighted by atomic mass is 9.59. The molecule has 43 heavy (non-hydrogen) atoms. The maximum Gasteiger partial charge on any atom is 0.573 e. The molecule has 4 unspecified atom stereocenters. The number of benzene rings is 2. The standard InChI is InChI=1S/C32H24F3NO7/c1-14-11-25(39)23-13-21-19(26(28(23)29(14)40)22-12-18(7-10-24(22)38)43-32(33,34)35)8-9-20-27(21)31(42)36(30(20)41)17-5-3-16(4-6-17)15(2)37/h3-8,10-12,20-21,26-27,38H,9,13H2,1-2H3.